The Hall–Kier alpha value is -0.980. The topological polar surface area (TPSA) is 60.5 Å². The van der Waals surface area contributed by atoms with E-state index in [1.54, 1.807) is 25.4 Å². The molecule has 0 unspecified atom stereocenters. The molecule has 0 spiro atoms. The first-order chi connectivity index (χ1) is 8.26. The van der Waals surface area contributed by atoms with Crippen molar-refractivity contribution in [2.45, 2.75) is 19.9 Å². The third-order valence-corrected chi connectivity index (χ3v) is 2.89. The molecule has 0 aliphatic carbocycles. The van der Waals surface area contributed by atoms with Crippen molar-refractivity contribution in [1.29, 1.82) is 0 Å². The van der Waals surface area contributed by atoms with Gasteiger partial charge in [0.05, 0.1) is 25.3 Å². The summed E-state index contributed by atoms with van der Waals surface area (Å²) in [5, 5.41) is 6.07. The number of aromatic nitrogens is 1. The fourth-order valence-corrected chi connectivity index (χ4v) is 2.00. The molecule has 1 aromatic rings. The van der Waals surface area contributed by atoms with E-state index in [2.05, 4.69) is 10.3 Å². The van der Waals surface area contributed by atoms with Gasteiger partial charge in [0, 0.05) is 25.6 Å². The maximum atomic E-state index is 11.2. The molecule has 0 amide bonds. The van der Waals surface area contributed by atoms with Crippen molar-refractivity contribution in [3.8, 4) is 0 Å². The van der Waals surface area contributed by atoms with Crippen molar-refractivity contribution in [2.24, 2.45) is 0 Å². The summed E-state index contributed by atoms with van der Waals surface area (Å²) in [6.07, 6.45) is 0.252. The Morgan fingerprint density at radius 3 is 3.12 bits per heavy atom. The second kappa shape index (κ2) is 8.16. The molecule has 0 saturated carbocycles. The van der Waals surface area contributed by atoms with E-state index in [1.165, 1.54) is 0 Å². The van der Waals surface area contributed by atoms with Crippen LogP contribution in [0, 0.1) is 0 Å². The third-order valence-electron chi connectivity index (χ3n) is 1.99. The zero-order valence-corrected chi connectivity index (χ0v) is 11.0. The first-order valence-corrected chi connectivity index (χ1v) is 6.42. The van der Waals surface area contributed by atoms with Crippen molar-refractivity contribution in [3.05, 3.63) is 16.1 Å². The zero-order valence-electron chi connectivity index (χ0n) is 10.2. The van der Waals surface area contributed by atoms with E-state index in [0.717, 1.165) is 17.2 Å². The van der Waals surface area contributed by atoms with Crippen LogP contribution in [0.1, 0.15) is 17.6 Å². The van der Waals surface area contributed by atoms with Gasteiger partial charge < -0.3 is 14.8 Å². The van der Waals surface area contributed by atoms with Gasteiger partial charge in [-0.2, -0.15) is 0 Å². The van der Waals surface area contributed by atoms with Crippen LogP contribution >= 0.6 is 11.3 Å². The number of esters is 1. The normalized spacial score (nSPS) is 10.5. The van der Waals surface area contributed by atoms with E-state index in [0.29, 0.717) is 19.8 Å². The Balaban J connectivity index is 2.29. The molecule has 1 rings (SSSR count). The molecule has 0 aromatic carbocycles. The van der Waals surface area contributed by atoms with Crippen molar-refractivity contribution >= 4 is 17.3 Å². The van der Waals surface area contributed by atoms with Crippen molar-refractivity contribution in [2.75, 3.05) is 26.9 Å². The molecule has 0 saturated heterocycles. The van der Waals surface area contributed by atoms with Crippen LogP contribution in [0.5, 0.6) is 0 Å². The molecule has 0 aliphatic heterocycles. The van der Waals surface area contributed by atoms with Gasteiger partial charge in [-0.15, -0.1) is 11.3 Å². The summed E-state index contributed by atoms with van der Waals surface area (Å²) in [6.45, 7) is 4.39. The van der Waals surface area contributed by atoms with Gasteiger partial charge in [-0.1, -0.05) is 0 Å². The lowest BCUT2D eigenvalue weighted by atomic mass is 10.3. The molecule has 6 heteroatoms. The van der Waals surface area contributed by atoms with Crippen molar-refractivity contribution in [3.63, 3.8) is 0 Å². The van der Waals surface area contributed by atoms with Gasteiger partial charge in [-0.25, -0.2) is 4.98 Å². The smallest absolute Gasteiger partial charge is 0.311 e. The predicted molar refractivity (Wildman–Crippen MR) is 66.0 cm³/mol. The maximum absolute atomic E-state index is 11.2. The molecule has 1 aromatic heterocycles. The summed E-state index contributed by atoms with van der Waals surface area (Å²) in [5.41, 5.74) is 0.775. The van der Waals surface area contributed by atoms with Crippen LogP contribution in [0.2, 0.25) is 0 Å². The fraction of sp³-hybridized carbons (Fsp3) is 0.636. The summed E-state index contributed by atoms with van der Waals surface area (Å²) in [7, 11) is 1.67. The van der Waals surface area contributed by atoms with E-state index in [9.17, 15) is 4.79 Å². The average Bonchev–Trinajstić information content (AvgIpc) is 2.72. The molecule has 0 aliphatic rings. The molecule has 0 atom stereocenters. The highest BCUT2D eigenvalue weighted by Crippen LogP contribution is 2.10. The number of carbonyl (C=O) groups excluding carboxylic acids is 1. The van der Waals surface area contributed by atoms with E-state index < -0.39 is 0 Å². The van der Waals surface area contributed by atoms with Gasteiger partial charge in [-0.05, 0) is 6.92 Å². The number of hydrogen-bond acceptors (Lipinski definition) is 6. The zero-order chi connectivity index (χ0) is 12.5. The van der Waals surface area contributed by atoms with Crippen LogP contribution in [0.3, 0.4) is 0 Å². The largest absolute Gasteiger partial charge is 0.466 e. The van der Waals surface area contributed by atoms with Gasteiger partial charge in [-0.3, -0.25) is 4.79 Å². The van der Waals surface area contributed by atoms with Gasteiger partial charge in [0.1, 0.15) is 5.01 Å². The highest BCUT2D eigenvalue weighted by atomic mass is 32.1. The minimum Gasteiger partial charge on any atom is -0.466 e. The van der Waals surface area contributed by atoms with E-state index in [-0.39, 0.29) is 12.4 Å². The minimum absolute atomic E-state index is 0.225. The monoisotopic (exact) mass is 258 g/mol. The molecule has 0 bridgehead atoms. The molecule has 0 fully saturated rings. The highest BCUT2D eigenvalue weighted by Gasteiger charge is 2.07. The number of hydrogen-bond donors (Lipinski definition) is 1. The molecule has 1 heterocycles. The minimum atomic E-state index is -0.225. The number of carbonyl (C=O) groups is 1. The third kappa shape index (κ3) is 5.76. The van der Waals surface area contributed by atoms with E-state index in [4.69, 9.17) is 9.47 Å². The molecular weight excluding hydrogens is 240 g/mol. The lowest BCUT2D eigenvalue weighted by Gasteiger charge is -2.00. The number of nitrogens with zero attached hydrogens (tertiary/aromatic N) is 1. The average molecular weight is 258 g/mol. The van der Waals surface area contributed by atoms with E-state index in [1.807, 2.05) is 5.38 Å². The fourth-order valence-electron chi connectivity index (χ4n) is 1.24. The van der Waals surface area contributed by atoms with Gasteiger partial charge in [0.2, 0.25) is 0 Å². The standard InChI is InChI=1S/C11H18N2O3S/c1-3-16-11(14)6-9-8-17-10(13-9)7-12-4-5-15-2/h8,12H,3-7H2,1-2H3. The van der Waals surface area contributed by atoms with Crippen LogP contribution < -0.4 is 5.32 Å². The van der Waals surface area contributed by atoms with Gasteiger partial charge >= 0.3 is 5.97 Å². The second-order valence-corrected chi connectivity index (χ2v) is 4.33. The number of thiazole rings is 1. The van der Waals surface area contributed by atoms with Crippen LogP contribution in [0.4, 0.5) is 0 Å². The Kier molecular flexibility index (Phi) is 6.76. The number of rotatable bonds is 8. The predicted octanol–water partition coefficient (Wildman–Crippen LogP) is 0.985. The van der Waals surface area contributed by atoms with Crippen LogP contribution in [-0.4, -0.2) is 37.8 Å². The summed E-state index contributed by atoms with van der Waals surface area (Å²) >= 11 is 1.55. The van der Waals surface area contributed by atoms with Crippen molar-refractivity contribution in [1.82, 2.24) is 10.3 Å². The van der Waals surface area contributed by atoms with Crippen LogP contribution in [0.25, 0.3) is 0 Å². The Labute approximate surface area is 105 Å². The molecular formula is C11H18N2O3S. The molecule has 0 radical (unpaired) electrons. The Morgan fingerprint density at radius 2 is 2.41 bits per heavy atom. The Morgan fingerprint density at radius 1 is 1.59 bits per heavy atom. The second-order valence-electron chi connectivity index (χ2n) is 3.38. The number of nitrogens with one attached hydrogen (secondary N) is 1. The SMILES string of the molecule is CCOC(=O)Cc1csc(CNCCOC)n1. The molecule has 1 N–H and O–H groups in total. The quantitative estimate of drug-likeness (QED) is 0.556. The van der Waals surface area contributed by atoms with Crippen LogP contribution in [-0.2, 0) is 27.2 Å². The lowest BCUT2D eigenvalue weighted by molar-refractivity contribution is -0.142. The van der Waals surface area contributed by atoms with Gasteiger partial charge in [0.25, 0.3) is 0 Å². The maximum Gasteiger partial charge on any atom is 0.311 e. The van der Waals surface area contributed by atoms with Gasteiger partial charge in [0.15, 0.2) is 0 Å². The molecule has 96 valence electrons. The summed E-state index contributed by atoms with van der Waals surface area (Å²) in [5.74, 6) is -0.225. The van der Waals surface area contributed by atoms with Crippen LogP contribution in [0.15, 0.2) is 5.38 Å². The highest BCUT2D eigenvalue weighted by molar-refractivity contribution is 7.09. The van der Waals surface area contributed by atoms with E-state index >= 15 is 0 Å². The first kappa shape index (κ1) is 14.1. The molecule has 17 heavy (non-hydrogen) atoms. The lowest BCUT2D eigenvalue weighted by Crippen LogP contribution is -2.18. The molecule has 5 nitrogen and oxygen atoms in total. The summed E-state index contributed by atoms with van der Waals surface area (Å²) in [6, 6.07) is 0. The number of ether oxygens (including phenoxy) is 2. The summed E-state index contributed by atoms with van der Waals surface area (Å²) < 4.78 is 9.79. The Bertz CT molecular complexity index is 341. The first-order valence-electron chi connectivity index (χ1n) is 5.54. The number of methoxy groups -OCH3 is 1. The summed E-state index contributed by atoms with van der Waals surface area (Å²) in [4.78, 5) is 15.6. The van der Waals surface area contributed by atoms with Crippen molar-refractivity contribution < 1.29 is 14.3 Å².